The summed E-state index contributed by atoms with van der Waals surface area (Å²) in [4.78, 5) is 2.39. The zero-order chi connectivity index (χ0) is 19.8. The van der Waals surface area contributed by atoms with Crippen LogP contribution in [0.5, 0.6) is 0 Å². The van der Waals surface area contributed by atoms with E-state index >= 15 is 0 Å². The topological polar surface area (TPSA) is 58.6 Å². The molecule has 3 rings (SSSR count). The quantitative estimate of drug-likeness (QED) is 0.627. The summed E-state index contributed by atoms with van der Waals surface area (Å²) >= 11 is 6.05. The van der Waals surface area contributed by atoms with E-state index in [2.05, 4.69) is 21.8 Å². The van der Waals surface area contributed by atoms with E-state index < -0.39 is 10.0 Å². The number of hydrogen-bond donors (Lipinski definition) is 1. The molecule has 1 unspecified atom stereocenters. The molecule has 2 aromatic carbocycles. The predicted molar refractivity (Wildman–Crippen MR) is 113 cm³/mol. The monoisotopic (exact) mass is 422 g/mol. The number of benzene rings is 2. The van der Waals surface area contributed by atoms with Crippen molar-refractivity contribution in [3.8, 4) is 0 Å². The van der Waals surface area contributed by atoms with Gasteiger partial charge in [-0.15, -0.1) is 0 Å². The zero-order valence-corrected chi connectivity index (χ0v) is 17.5. The lowest BCUT2D eigenvalue weighted by Crippen LogP contribution is -2.39. The first-order valence-corrected chi connectivity index (χ1v) is 11.7. The van der Waals surface area contributed by atoms with Gasteiger partial charge in [0.05, 0.1) is 18.5 Å². The van der Waals surface area contributed by atoms with Crippen LogP contribution in [0.1, 0.15) is 30.1 Å². The second-order valence-electron chi connectivity index (χ2n) is 7.02. The SMILES string of the molecule is O=S(=O)(Cc1ccccc1Cl)NCCCCN1CCOC(c2ccccc2)C1. The molecule has 1 heterocycles. The van der Waals surface area contributed by atoms with E-state index in [1.807, 2.05) is 18.2 Å². The van der Waals surface area contributed by atoms with Crippen LogP contribution in [0.2, 0.25) is 5.02 Å². The van der Waals surface area contributed by atoms with Crippen LogP contribution in [0.3, 0.4) is 0 Å². The Morgan fingerprint density at radius 3 is 2.61 bits per heavy atom. The van der Waals surface area contributed by atoms with E-state index in [1.54, 1.807) is 24.3 Å². The van der Waals surface area contributed by atoms with Crippen LogP contribution in [0.25, 0.3) is 0 Å². The van der Waals surface area contributed by atoms with Crippen molar-refractivity contribution >= 4 is 21.6 Å². The largest absolute Gasteiger partial charge is 0.371 e. The summed E-state index contributed by atoms with van der Waals surface area (Å²) < 4.78 is 33.0. The molecule has 0 aromatic heterocycles. The van der Waals surface area contributed by atoms with Crippen molar-refractivity contribution in [1.82, 2.24) is 9.62 Å². The predicted octanol–water partition coefficient (Wildman–Crippen LogP) is 3.61. The Morgan fingerprint density at radius 2 is 1.82 bits per heavy atom. The van der Waals surface area contributed by atoms with Crippen LogP contribution in [-0.2, 0) is 20.5 Å². The van der Waals surface area contributed by atoms with Crippen LogP contribution in [0, 0.1) is 0 Å². The first-order valence-electron chi connectivity index (χ1n) is 9.63. The van der Waals surface area contributed by atoms with Crippen LogP contribution in [-0.4, -0.2) is 46.1 Å². The summed E-state index contributed by atoms with van der Waals surface area (Å²) in [7, 11) is -3.38. The maximum absolute atomic E-state index is 12.2. The van der Waals surface area contributed by atoms with E-state index in [9.17, 15) is 8.42 Å². The van der Waals surface area contributed by atoms with Gasteiger partial charge in [-0.05, 0) is 36.6 Å². The number of morpholine rings is 1. The third-order valence-electron chi connectivity index (χ3n) is 4.85. The average molecular weight is 423 g/mol. The van der Waals surface area contributed by atoms with Gasteiger partial charge in [0.1, 0.15) is 0 Å². The average Bonchev–Trinajstić information content (AvgIpc) is 2.70. The van der Waals surface area contributed by atoms with Crippen molar-refractivity contribution in [3.05, 3.63) is 70.7 Å². The van der Waals surface area contributed by atoms with Crippen molar-refractivity contribution in [2.75, 3.05) is 32.8 Å². The van der Waals surface area contributed by atoms with Crippen LogP contribution >= 0.6 is 11.6 Å². The molecular weight excluding hydrogens is 396 g/mol. The highest BCUT2D eigenvalue weighted by Gasteiger charge is 2.21. The molecule has 0 aliphatic carbocycles. The molecule has 0 spiro atoms. The Kier molecular flexibility index (Phi) is 7.88. The van der Waals surface area contributed by atoms with Gasteiger partial charge in [-0.3, -0.25) is 4.90 Å². The van der Waals surface area contributed by atoms with Gasteiger partial charge < -0.3 is 4.74 Å². The molecule has 0 saturated carbocycles. The maximum Gasteiger partial charge on any atom is 0.215 e. The Labute approximate surface area is 172 Å². The number of nitrogens with one attached hydrogen (secondary N) is 1. The number of unbranched alkanes of at least 4 members (excludes halogenated alkanes) is 1. The maximum atomic E-state index is 12.2. The minimum atomic E-state index is -3.38. The van der Waals surface area contributed by atoms with Crippen LogP contribution in [0.4, 0.5) is 0 Å². The lowest BCUT2D eigenvalue weighted by atomic mass is 10.1. The summed E-state index contributed by atoms with van der Waals surface area (Å²) in [6.07, 6.45) is 1.86. The molecule has 1 N–H and O–H groups in total. The number of hydrogen-bond acceptors (Lipinski definition) is 4. The molecule has 1 fully saturated rings. The Balaban J connectivity index is 1.37. The minimum absolute atomic E-state index is 0.0884. The second-order valence-corrected chi connectivity index (χ2v) is 9.24. The summed E-state index contributed by atoms with van der Waals surface area (Å²) in [5, 5.41) is 0.480. The lowest BCUT2D eigenvalue weighted by Gasteiger charge is -2.33. The summed E-state index contributed by atoms with van der Waals surface area (Å²) in [5.74, 6) is -0.0884. The van der Waals surface area contributed by atoms with E-state index in [-0.39, 0.29) is 11.9 Å². The Bertz CT molecular complexity index is 846. The third kappa shape index (κ3) is 6.57. The van der Waals surface area contributed by atoms with Crippen molar-refractivity contribution in [3.63, 3.8) is 0 Å². The molecule has 1 aliphatic rings. The summed E-state index contributed by atoms with van der Waals surface area (Å²) in [5.41, 5.74) is 1.83. The minimum Gasteiger partial charge on any atom is -0.371 e. The van der Waals surface area contributed by atoms with Gasteiger partial charge >= 0.3 is 0 Å². The highest BCUT2D eigenvalue weighted by atomic mass is 35.5. The fourth-order valence-corrected chi connectivity index (χ4v) is 4.83. The number of ether oxygens (including phenoxy) is 1. The molecule has 0 bridgehead atoms. The number of nitrogens with zero attached hydrogens (tertiary/aromatic N) is 1. The van der Waals surface area contributed by atoms with Crippen molar-refractivity contribution < 1.29 is 13.2 Å². The molecule has 152 valence electrons. The smallest absolute Gasteiger partial charge is 0.215 e. The fourth-order valence-electron chi connectivity index (χ4n) is 3.33. The van der Waals surface area contributed by atoms with Crippen molar-refractivity contribution in [2.24, 2.45) is 0 Å². The highest BCUT2D eigenvalue weighted by Crippen LogP contribution is 2.22. The standard InChI is InChI=1S/C21H27ClN2O3S/c22-20-11-5-4-10-19(20)17-28(25,26)23-12-6-7-13-24-14-15-27-21(16-24)18-8-2-1-3-9-18/h1-5,8-11,21,23H,6-7,12-17H2. The second kappa shape index (κ2) is 10.4. The zero-order valence-electron chi connectivity index (χ0n) is 15.9. The summed E-state index contributed by atoms with van der Waals surface area (Å²) in [6.45, 7) is 3.91. The van der Waals surface area contributed by atoms with Crippen LogP contribution < -0.4 is 4.72 Å². The number of rotatable bonds is 9. The van der Waals surface area contributed by atoms with E-state index in [0.717, 1.165) is 39.1 Å². The molecule has 0 amide bonds. The fraction of sp³-hybridized carbons (Fsp3) is 0.429. The number of sulfonamides is 1. The first kappa shape index (κ1) is 21.3. The van der Waals surface area contributed by atoms with Gasteiger partial charge in [-0.25, -0.2) is 13.1 Å². The van der Waals surface area contributed by atoms with Gasteiger partial charge in [0.25, 0.3) is 0 Å². The normalized spacial score (nSPS) is 18.2. The van der Waals surface area contributed by atoms with E-state index in [0.29, 0.717) is 17.1 Å². The molecule has 5 nitrogen and oxygen atoms in total. The van der Waals surface area contributed by atoms with Gasteiger partial charge in [0.2, 0.25) is 10.0 Å². The van der Waals surface area contributed by atoms with Gasteiger partial charge in [0, 0.05) is 24.7 Å². The molecular formula is C21H27ClN2O3S. The molecule has 2 aromatic rings. The number of halogens is 1. The summed E-state index contributed by atoms with van der Waals surface area (Å²) in [6, 6.07) is 17.3. The van der Waals surface area contributed by atoms with Crippen molar-refractivity contribution in [2.45, 2.75) is 24.7 Å². The molecule has 28 heavy (non-hydrogen) atoms. The van der Waals surface area contributed by atoms with E-state index in [1.165, 1.54) is 5.56 Å². The third-order valence-corrected chi connectivity index (χ3v) is 6.55. The van der Waals surface area contributed by atoms with E-state index in [4.69, 9.17) is 16.3 Å². The van der Waals surface area contributed by atoms with Crippen LogP contribution in [0.15, 0.2) is 54.6 Å². The lowest BCUT2D eigenvalue weighted by molar-refractivity contribution is -0.0303. The highest BCUT2D eigenvalue weighted by molar-refractivity contribution is 7.88. The Hall–Kier alpha value is -1.44. The molecule has 1 aliphatic heterocycles. The van der Waals surface area contributed by atoms with Gasteiger partial charge in [-0.1, -0.05) is 60.1 Å². The molecule has 1 saturated heterocycles. The van der Waals surface area contributed by atoms with Crippen molar-refractivity contribution in [1.29, 1.82) is 0 Å². The Morgan fingerprint density at radius 1 is 1.07 bits per heavy atom. The van der Waals surface area contributed by atoms with Gasteiger partial charge in [-0.2, -0.15) is 0 Å². The molecule has 0 radical (unpaired) electrons. The molecule has 1 atom stereocenters. The van der Waals surface area contributed by atoms with Gasteiger partial charge in [0.15, 0.2) is 0 Å². The first-order chi connectivity index (χ1) is 13.5. The molecule has 7 heteroatoms.